The molecule has 118 valence electrons. The molecule has 0 aliphatic rings. The van der Waals surface area contributed by atoms with Crippen molar-refractivity contribution in [3.05, 3.63) is 65.7 Å². The summed E-state index contributed by atoms with van der Waals surface area (Å²) in [5.41, 5.74) is 3.30. The summed E-state index contributed by atoms with van der Waals surface area (Å²) in [6, 6.07) is 17.9. The van der Waals surface area contributed by atoms with Crippen LogP contribution in [0.5, 0.6) is 11.5 Å². The van der Waals surface area contributed by atoms with Crippen LogP contribution >= 0.6 is 0 Å². The number of methoxy groups -OCH3 is 1. The molecule has 3 heteroatoms. The Morgan fingerprint density at radius 3 is 2.52 bits per heavy atom. The van der Waals surface area contributed by atoms with E-state index < -0.39 is 0 Å². The van der Waals surface area contributed by atoms with E-state index in [1.807, 2.05) is 50.5 Å². The first-order valence-electron chi connectivity index (χ1n) is 7.64. The molecule has 0 aliphatic carbocycles. The number of ether oxygens (including phenoxy) is 1. The lowest BCUT2D eigenvalue weighted by molar-refractivity contribution is 0.415. The molecule has 0 radical (unpaired) electrons. The van der Waals surface area contributed by atoms with Gasteiger partial charge in [-0.15, -0.1) is 0 Å². The summed E-state index contributed by atoms with van der Waals surface area (Å²) >= 11 is 0. The van der Waals surface area contributed by atoms with Gasteiger partial charge in [-0.3, -0.25) is 0 Å². The molecule has 0 spiro atoms. The van der Waals surface area contributed by atoms with Crippen LogP contribution in [0, 0.1) is 0 Å². The highest BCUT2D eigenvalue weighted by Gasteiger charge is 2.12. The first-order chi connectivity index (χ1) is 11.1. The number of fused-ring (bicyclic) bond motifs is 1. The molecular weight excluding hydrogens is 286 g/mol. The molecule has 0 fully saturated rings. The number of rotatable bonds is 4. The molecule has 0 unspecified atom stereocenters. The van der Waals surface area contributed by atoms with Gasteiger partial charge in [-0.25, -0.2) is 0 Å². The molecular formula is C20H21NO2. The Balaban J connectivity index is 2.11. The van der Waals surface area contributed by atoms with Gasteiger partial charge in [0.25, 0.3) is 0 Å². The van der Waals surface area contributed by atoms with Gasteiger partial charge in [-0.2, -0.15) is 0 Å². The number of phenolic OH excluding ortho intramolecular Hbond substituents is 1. The highest BCUT2D eigenvalue weighted by Crippen LogP contribution is 2.33. The Morgan fingerprint density at radius 2 is 1.78 bits per heavy atom. The summed E-state index contributed by atoms with van der Waals surface area (Å²) in [5, 5.41) is 12.5. The van der Waals surface area contributed by atoms with Crippen LogP contribution in [0.2, 0.25) is 0 Å². The molecule has 0 bridgehead atoms. The zero-order chi connectivity index (χ0) is 16.4. The van der Waals surface area contributed by atoms with Crippen molar-refractivity contribution in [3.63, 3.8) is 0 Å². The molecule has 3 rings (SSSR count). The van der Waals surface area contributed by atoms with Crippen LogP contribution in [0.3, 0.4) is 0 Å². The topological polar surface area (TPSA) is 32.7 Å². The van der Waals surface area contributed by atoms with Crippen LogP contribution in [0.1, 0.15) is 11.1 Å². The van der Waals surface area contributed by atoms with Gasteiger partial charge in [-0.1, -0.05) is 30.3 Å². The van der Waals surface area contributed by atoms with Gasteiger partial charge >= 0.3 is 0 Å². The molecule has 0 aromatic heterocycles. The standard InChI is InChI=1S/C20H21NO2/c1-21(2)19-7-5-4-6-15(19)13-18-17-10-9-16(23-3)12-14(17)8-11-20(18)22/h4-12,22H,13H2,1-3H3. The summed E-state index contributed by atoms with van der Waals surface area (Å²) in [6.07, 6.45) is 0.684. The maximum Gasteiger partial charge on any atom is 0.119 e. The molecule has 0 amide bonds. The fourth-order valence-corrected chi connectivity index (χ4v) is 2.96. The lowest BCUT2D eigenvalue weighted by Gasteiger charge is -2.18. The predicted molar refractivity (Wildman–Crippen MR) is 95.7 cm³/mol. The average molecular weight is 307 g/mol. The molecule has 0 saturated carbocycles. The molecule has 0 heterocycles. The summed E-state index contributed by atoms with van der Waals surface area (Å²) in [6.45, 7) is 0. The van der Waals surface area contributed by atoms with E-state index in [1.165, 1.54) is 5.56 Å². The Morgan fingerprint density at radius 1 is 1.00 bits per heavy atom. The van der Waals surface area contributed by atoms with E-state index in [0.29, 0.717) is 12.2 Å². The number of phenols is 1. The monoisotopic (exact) mass is 307 g/mol. The van der Waals surface area contributed by atoms with Gasteiger partial charge in [0.1, 0.15) is 11.5 Å². The van der Waals surface area contributed by atoms with Crippen LogP contribution in [-0.2, 0) is 6.42 Å². The average Bonchev–Trinajstić information content (AvgIpc) is 2.57. The molecule has 0 saturated heterocycles. The van der Waals surface area contributed by atoms with E-state index >= 15 is 0 Å². The molecule has 0 aliphatic heterocycles. The largest absolute Gasteiger partial charge is 0.508 e. The van der Waals surface area contributed by atoms with Crippen LogP contribution in [0.25, 0.3) is 10.8 Å². The minimum Gasteiger partial charge on any atom is -0.508 e. The van der Waals surface area contributed by atoms with Crippen molar-refractivity contribution in [2.45, 2.75) is 6.42 Å². The van der Waals surface area contributed by atoms with E-state index in [4.69, 9.17) is 4.74 Å². The van der Waals surface area contributed by atoms with Gasteiger partial charge in [0.15, 0.2) is 0 Å². The van der Waals surface area contributed by atoms with Crippen molar-refractivity contribution >= 4 is 16.5 Å². The zero-order valence-corrected chi connectivity index (χ0v) is 13.7. The second-order valence-electron chi connectivity index (χ2n) is 5.85. The van der Waals surface area contributed by atoms with E-state index in [-0.39, 0.29) is 0 Å². The van der Waals surface area contributed by atoms with Gasteiger partial charge in [0.05, 0.1) is 7.11 Å². The number of hydrogen-bond donors (Lipinski definition) is 1. The third kappa shape index (κ3) is 2.95. The van der Waals surface area contributed by atoms with Crippen molar-refractivity contribution in [1.82, 2.24) is 0 Å². The predicted octanol–water partition coefficient (Wildman–Crippen LogP) is 4.21. The molecule has 3 nitrogen and oxygen atoms in total. The highest BCUT2D eigenvalue weighted by molar-refractivity contribution is 5.89. The zero-order valence-electron chi connectivity index (χ0n) is 13.7. The van der Waals surface area contributed by atoms with Crippen molar-refractivity contribution in [3.8, 4) is 11.5 Å². The number of aromatic hydroxyl groups is 1. The first-order valence-corrected chi connectivity index (χ1v) is 7.64. The van der Waals surface area contributed by atoms with Gasteiger partial charge in [0, 0.05) is 31.8 Å². The van der Waals surface area contributed by atoms with Crippen LogP contribution < -0.4 is 9.64 Å². The second kappa shape index (κ2) is 6.21. The SMILES string of the molecule is COc1ccc2c(Cc3ccccc3N(C)C)c(O)ccc2c1. The molecule has 23 heavy (non-hydrogen) atoms. The second-order valence-corrected chi connectivity index (χ2v) is 5.85. The molecule has 0 atom stereocenters. The first kappa shape index (κ1) is 15.2. The normalized spacial score (nSPS) is 10.7. The van der Waals surface area contributed by atoms with E-state index in [0.717, 1.165) is 27.8 Å². The highest BCUT2D eigenvalue weighted by atomic mass is 16.5. The fraction of sp³-hybridized carbons (Fsp3) is 0.200. The third-order valence-corrected chi connectivity index (χ3v) is 4.15. The Labute approximate surface area is 136 Å². The minimum absolute atomic E-state index is 0.330. The van der Waals surface area contributed by atoms with Crippen LogP contribution in [-0.4, -0.2) is 26.3 Å². The Kier molecular flexibility index (Phi) is 4.11. The summed E-state index contributed by atoms with van der Waals surface area (Å²) in [4.78, 5) is 2.10. The Hall–Kier alpha value is -2.68. The van der Waals surface area contributed by atoms with Crippen molar-refractivity contribution in [2.24, 2.45) is 0 Å². The maximum absolute atomic E-state index is 10.4. The molecule has 3 aromatic rings. The van der Waals surface area contributed by atoms with Crippen molar-refractivity contribution in [2.75, 3.05) is 26.1 Å². The Bertz CT molecular complexity index is 840. The number of benzene rings is 3. The van der Waals surface area contributed by atoms with Crippen molar-refractivity contribution < 1.29 is 9.84 Å². The summed E-state index contributed by atoms with van der Waals surface area (Å²) in [7, 11) is 5.73. The number of anilines is 1. The van der Waals surface area contributed by atoms with E-state index in [9.17, 15) is 5.11 Å². The third-order valence-electron chi connectivity index (χ3n) is 4.15. The fourth-order valence-electron chi connectivity index (χ4n) is 2.96. The van der Waals surface area contributed by atoms with Gasteiger partial charge < -0.3 is 14.7 Å². The quantitative estimate of drug-likeness (QED) is 0.783. The lowest BCUT2D eigenvalue weighted by atomic mass is 9.96. The van der Waals surface area contributed by atoms with Crippen molar-refractivity contribution in [1.29, 1.82) is 0 Å². The number of nitrogens with zero attached hydrogens (tertiary/aromatic N) is 1. The van der Waals surface area contributed by atoms with E-state index in [1.54, 1.807) is 13.2 Å². The lowest BCUT2D eigenvalue weighted by Crippen LogP contribution is -2.11. The molecule has 1 N–H and O–H groups in total. The number of para-hydroxylation sites is 1. The number of hydrogen-bond acceptors (Lipinski definition) is 3. The molecule has 3 aromatic carbocycles. The van der Waals surface area contributed by atoms with Gasteiger partial charge in [-0.05, 0) is 40.6 Å². The van der Waals surface area contributed by atoms with Crippen LogP contribution in [0.4, 0.5) is 5.69 Å². The van der Waals surface area contributed by atoms with E-state index in [2.05, 4.69) is 17.0 Å². The van der Waals surface area contributed by atoms with Crippen LogP contribution in [0.15, 0.2) is 54.6 Å². The minimum atomic E-state index is 0.330. The van der Waals surface area contributed by atoms with Gasteiger partial charge in [0.2, 0.25) is 0 Å². The smallest absolute Gasteiger partial charge is 0.119 e. The summed E-state index contributed by atoms with van der Waals surface area (Å²) in [5.74, 6) is 1.15. The summed E-state index contributed by atoms with van der Waals surface area (Å²) < 4.78 is 5.29. The maximum atomic E-state index is 10.4.